The van der Waals surface area contributed by atoms with Crippen LogP contribution in [0.5, 0.6) is 0 Å². The number of nitrogens with one attached hydrogen (secondary N) is 13. The summed E-state index contributed by atoms with van der Waals surface area (Å²) in [6, 6.07) is -19.7. The van der Waals surface area contributed by atoms with Crippen LogP contribution in [0.15, 0.2) is 9.98 Å². The highest BCUT2D eigenvalue weighted by Crippen LogP contribution is 2.16. The Hall–Kier alpha value is -10.5. The number of carboxylic acids is 3. The summed E-state index contributed by atoms with van der Waals surface area (Å²) in [5.41, 5.74) is 39.4. The first-order valence-electron chi connectivity index (χ1n) is 41.9. The van der Waals surface area contributed by atoms with E-state index in [0.717, 1.165) is 32.6 Å². The molecule has 14 amide bonds. The first-order chi connectivity index (χ1) is 56.5. The monoisotopic (exact) mass is 1710 g/mol. The molecule has 0 aliphatic carbocycles. The van der Waals surface area contributed by atoms with Crippen molar-refractivity contribution in [2.45, 2.75) is 334 Å². The van der Waals surface area contributed by atoms with Gasteiger partial charge in [0.2, 0.25) is 82.7 Å². The zero-order valence-corrected chi connectivity index (χ0v) is 71.8. The number of nitrogens with two attached hydrogens (primary N) is 7. The number of hydrogen-bond acceptors (Lipinski definition) is 21. The molecule has 0 radical (unpaired) electrons. The molecule has 0 fully saturated rings. The van der Waals surface area contributed by atoms with Crippen molar-refractivity contribution in [1.82, 2.24) is 69.1 Å². The number of aliphatic imine (C=N–C) groups is 2. The molecule has 0 aromatic carbocycles. The Morgan fingerprint density at radius 1 is 0.300 bits per heavy atom. The molecule has 13 unspecified atom stereocenters. The van der Waals surface area contributed by atoms with E-state index in [-0.39, 0.29) is 107 Å². The lowest BCUT2D eigenvalue weighted by molar-refractivity contribution is -0.143. The fourth-order valence-corrected chi connectivity index (χ4v) is 12.3. The van der Waals surface area contributed by atoms with Gasteiger partial charge in [-0.2, -0.15) is 0 Å². The zero-order chi connectivity index (χ0) is 91.1. The summed E-state index contributed by atoms with van der Waals surface area (Å²) in [6.07, 6.45) is 10.3. The number of nitrogens with zero attached hydrogens (tertiary/aromatic N) is 2. The molecule has 0 aromatic heterocycles. The van der Waals surface area contributed by atoms with Gasteiger partial charge in [0.1, 0.15) is 78.5 Å². The molecule has 0 spiro atoms. The van der Waals surface area contributed by atoms with Crippen molar-refractivity contribution in [2.75, 3.05) is 26.2 Å². The Labute approximate surface area is 703 Å². The molecule has 0 saturated carbocycles. The number of unbranched alkanes of at least 4 members (excludes halogenated alkanes) is 12. The average molecular weight is 1710 g/mol. The molecule has 42 nitrogen and oxygen atoms in total. The van der Waals surface area contributed by atoms with Crippen molar-refractivity contribution >= 4 is 113 Å². The molecule has 13 atom stereocenters. The van der Waals surface area contributed by atoms with E-state index in [1.807, 2.05) is 0 Å². The number of carbonyl (C=O) groups is 17. The summed E-state index contributed by atoms with van der Waals surface area (Å²) in [5.74, 6) is -19.6. The van der Waals surface area contributed by atoms with Gasteiger partial charge in [0.05, 0.1) is 6.42 Å². The van der Waals surface area contributed by atoms with E-state index < -0.39 is 211 Å². The Morgan fingerprint density at radius 2 is 0.617 bits per heavy atom. The first kappa shape index (κ1) is 109. The lowest BCUT2D eigenvalue weighted by atomic mass is 10.0. The number of aliphatic carboxylic acids is 3. The minimum atomic E-state index is -1.87. The summed E-state index contributed by atoms with van der Waals surface area (Å²) in [6.45, 7) is 16.1. The number of carboxylic acid groups (broad SMARTS) is 3. The van der Waals surface area contributed by atoms with Crippen LogP contribution in [0, 0.1) is 17.8 Å². The molecule has 0 aliphatic rings. The fraction of sp³-hybridized carbons (Fsp3) is 0.756. The molecule has 0 bridgehead atoms. The number of guanidine groups is 2. The summed E-state index contributed by atoms with van der Waals surface area (Å²) < 4.78 is 0. The standard InChI is InChI=1S/C78H142N22O20/c1-11-12-13-14-15-16-17-18-19-20-21-32-60(102)91-50(28-22-24-37-79)69(112)92-51(29-23-25-38-80)67(110)88-47(8)64(107)97-56(41-44(2)3)74(117)94-53(31-27-40-87-78(84)85)70(113)93-52(30-26-39-86-77(82)83)71(114)95-54(33-35-59(81)101)72(115)96-55(34-36-61(103)104)68(111)89-49(10)66(109)100-63(46(6)7)75(118)98-57(43-62(105)106)73(116)90-48(9)65(108)99-58(76(119)120)42-45(4)5/h44-58,63H,11-43,79-80H2,1-10H3,(H2,81,101)(H,88,110)(H,89,111)(H,90,116)(H,91,102)(H,92,112)(H,93,113)(H,94,117)(H,95,114)(H,96,115)(H,97,107)(H,98,118)(H,99,108)(H,100,109)(H,103,104)(H,105,106)(H,119,120)(H4,82,83,86)(H4,84,85,87). The molecular formula is C78H142N22O20. The normalized spacial score (nSPS) is 14.4. The molecule has 0 saturated heterocycles. The van der Waals surface area contributed by atoms with Crippen molar-refractivity contribution in [3.8, 4) is 0 Å². The Kier molecular flexibility index (Phi) is 56.3. The smallest absolute Gasteiger partial charge is 0.326 e. The fourth-order valence-electron chi connectivity index (χ4n) is 12.3. The SMILES string of the molecule is CCCCCCCCCCCCCC(=O)NC(CCCCN)C(=O)NC(CCCCN)C(=O)NC(C)C(=O)NC(CC(C)C)C(=O)NC(CCCN=C(N)N)C(=O)NC(CCCN=C(N)N)C(=O)NC(CCC(N)=O)C(=O)NC(CCC(=O)O)C(=O)NC(C)C(=O)NC(C(=O)NC(CC(=O)O)C(=O)NC(C)C(=O)NC(CC(C)C)C(=O)O)C(C)C. The van der Waals surface area contributed by atoms with Crippen LogP contribution in [-0.2, 0) is 81.5 Å². The second kappa shape index (κ2) is 61.7. The van der Waals surface area contributed by atoms with E-state index in [9.17, 15) is 96.8 Å². The van der Waals surface area contributed by atoms with Crippen LogP contribution in [0.25, 0.3) is 0 Å². The quantitative estimate of drug-likeness (QED) is 0.0175. The lowest BCUT2D eigenvalue weighted by Gasteiger charge is -2.28. The maximum absolute atomic E-state index is 14.7. The predicted octanol–water partition coefficient (Wildman–Crippen LogP) is -2.15. The third-order valence-corrected chi connectivity index (χ3v) is 19.1. The van der Waals surface area contributed by atoms with Gasteiger partial charge in [-0.05, 0) is 148 Å². The van der Waals surface area contributed by atoms with Gasteiger partial charge in [0.25, 0.3) is 0 Å². The van der Waals surface area contributed by atoms with E-state index >= 15 is 0 Å². The van der Waals surface area contributed by atoms with Crippen LogP contribution in [0.4, 0.5) is 0 Å². The van der Waals surface area contributed by atoms with Crippen LogP contribution >= 0.6 is 0 Å². The molecule has 0 aromatic rings. The van der Waals surface area contributed by atoms with Crippen molar-refractivity contribution in [1.29, 1.82) is 0 Å². The number of hydrogen-bond donors (Lipinski definition) is 23. The minimum Gasteiger partial charge on any atom is -0.481 e. The zero-order valence-electron chi connectivity index (χ0n) is 71.8. The maximum atomic E-state index is 14.7. The molecule has 30 N–H and O–H groups in total. The van der Waals surface area contributed by atoms with Gasteiger partial charge >= 0.3 is 17.9 Å². The highest BCUT2D eigenvalue weighted by atomic mass is 16.4. The summed E-state index contributed by atoms with van der Waals surface area (Å²) >= 11 is 0. The molecule has 120 heavy (non-hydrogen) atoms. The number of amides is 14. The molecule has 0 rings (SSSR count). The number of rotatable bonds is 67. The second-order valence-electron chi connectivity index (χ2n) is 31.4. The van der Waals surface area contributed by atoms with E-state index in [2.05, 4.69) is 86.0 Å². The Balaban J connectivity index is 7.08. The Bertz CT molecular complexity index is 3340. The summed E-state index contributed by atoms with van der Waals surface area (Å²) in [5, 5.41) is 61.4. The second-order valence-corrected chi connectivity index (χ2v) is 31.4. The third kappa shape index (κ3) is 49.7. The van der Waals surface area contributed by atoms with Gasteiger partial charge < -0.3 is 125 Å². The molecule has 684 valence electrons. The van der Waals surface area contributed by atoms with E-state index in [1.165, 1.54) is 66.2 Å². The van der Waals surface area contributed by atoms with E-state index in [4.69, 9.17) is 40.1 Å². The summed E-state index contributed by atoms with van der Waals surface area (Å²) in [7, 11) is 0. The largest absolute Gasteiger partial charge is 0.481 e. The molecule has 0 heterocycles. The first-order valence-corrected chi connectivity index (χ1v) is 41.9. The maximum Gasteiger partial charge on any atom is 0.326 e. The van der Waals surface area contributed by atoms with E-state index in [0.29, 0.717) is 38.6 Å². The van der Waals surface area contributed by atoms with Gasteiger partial charge in [0, 0.05) is 32.4 Å². The Morgan fingerprint density at radius 3 is 0.975 bits per heavy atom. The topological polar surface area (TPSA) is 714 Å². The molecule has 0 aliphatic heterocycles. The molecular weight excluding hydrogens is 1560 g/mol. The van der Waals surface area contributed by atoms with Crippen molar-refractivity contribution in [3.05, 3.63) is 0 Å². The van der Waals surface area contributed by atoms with Crippen molar-refractivity contribution in [3.63, 3.8) is 0 Å². The van der Waals surface area contributed by atoms with Gasteiger partial charge in [-0.15, -0.1) is 0 Å². The third-order valence-electron chi connectivity index (χ3n) is 19.1. The highest BCUT2D eigenvalue weighted by Gasteiger charge is 2.38. The van der Waals surface area contributed by atoms with Crippen LogP contribution < -0.4 is 109 Å². The summed E-state index contributed by atoms with van der Waals surface area (Å²) in [4.78, 5) is 238. The minimum absolute atomic E-state index is 0.0126. The van der Waals surface area contributed by atoms with E-state index in [1.54, 1.807) is 27.7 Å². The molecule has 42 heteroatoms. The van der Waals surface area contributed by atoms with Crippen LogP contribution in [0.3, 0.4) is 0 Å². The van der Waals surface area contributed by atoms with Crippen molar-refractivity contribution in [2.24, 2.45) is 67.9 Å². The van der Waals surface area contributed by atoms with Crippen molar-refractivity contribution < 1.29 is 96.8 Å². The van der Waals surface area contributed by atoms with Crippen LogP contribution in [0.2, 0.25) is 0 Å². The number of primary amides is 1. The van der Waals surface area contributed by atoms with Gasteiger partial charge in [-0.25, -0.2) is 4.79 Å². The number of carbonyl (C=O) groups excluding carboxylic acids is 14. The highest BCUT2D eigenvalue weighted by molar-refractivity contribution is 6.00. The average Bonchev–Trinajstić information content (AvgIpc) is 0.857. The van der Waals surface area contributed by atoms with Crippen LogP contribution in [-0.4, -0.2) is 233 Å². The van der Waals surface area contributed by atoms with Crippen LogP contribution in [0.1, 0.15) is 255 Å². The predicted molar refractivity (Wildman–Crippen MR) is 448 cm³/mol. The van der Waals surface area contributed by atoms with Gasteiger partial charge in [-0.1, -0.05) is 113 Å². The van der Waals surface area contributed by atoms with Gasteiger partial charge in [-0.3, -0.25) is 86.7 Å². The van der Waals surface area contributed by atoms with Gasteiger partial charge in [0.15, 0.2) is 11.9 Å². The lowest BCUT2D eigenvalue weighted by Crippen LogP contribution is -2.61.